The molecule has 0 aliphatic heterocycles. The number of ether oxygens (including phenoxy) is 1. The van der Waals surface area contributed by atoms with Gasteiger partial charge in [0.1, 0.15) is 11.9 Å². The van der Waals surface area contributed by atoms with E-state index in [-0.39, 0.29) is 5.75 Å². The van der Waals surface area contributed by atoms with Crippen LogP contribution in [0.3, 0.4) is 0 Å². The van der Waals surface area contributed by atoms with Crippen LogP contribution in [0.1, 0.15) is 35.9 Å². The highest BCUT2D eigenvalue weighted by Gasteiger charge is 2.34. The van der Waals surface area contributed by atoms with E-state index in [4.69, 9.17) is 10.5 Å². The number of rotatable bonds is 7. The molecule has 0 aliphatic carbocycles. The van der Waals surface area contributed by atoms with Crippen LogP contribution in [0.2, 0.25) is 0 Å². The molecule has 0 aliphatic rings. The number of phenolic OH excluding ortho intramolecular Hbond substituents is 1. The van der Waals surface area contributed by atoms with E-state index in [1.165, 1.54) is 12.1 Å². The second kappa shape index (κ2) is 11.5. The van der Waals surface area contributed by atoms with Gasteiger partial charge in [0.15, 0.2) is 0 Å². The maximum absolute atomic E-state index is 13.0. The summed E-state index contributed by atoms with van der Waals surface area (Å²) in [6, 6.07) is 25.5. The van der Waals surface area contributed by atoms with E-state index in [1.54, 1.807) is 98.8 Å². The molecule has 0 unspecified atom stereocenters. The molecule has 0 heterocycles. The number of nitrogens with one attached hydrogen (secondary N) is 2. The maximum Gasteiger partial charge on any atom is 0.414 e. The van der Waals surface area contributed by atoms with Crippen molar-refractivity contribution in [3.8, 4) is 5.75 Å². The molecule has 8 nitrogen and oxygen atoms in total. The molecule has 5 N–H and O–H groups in total. The lowest BCUT2D eigenvalue weighted by atomic mass is 9.80. The molecule has 1 atom stereocenters. The first-order valence-electron chi connectivity index (χ1n) is 12.3. The van der Waals surface area contributed by atoms with E-state index < -0.39 is 29.4 Å². The van der Waals surface area contributed by atoms with Crippen LogP contribution in [-0.2, 0) is 9.53 Å². The maximum atomic E-state index is 13.0. The number of para-hydroxylation sites is 2. The lowest BCUT2D eigenvalue weighted by Gasteiger charge is -2.32. The molecule has 198 valence electrons. The van der Waals surface area contributed by atoms with Crippen molar-refractivity contribution in [3.63, 3.8) is 0 Å². The van der Waals surface area contributed by atoms with E-state index >= 15 is 0 Å². The highest BCUT2D eigenvalue weighted by Crippen LogP contribution is 2.42. The Bertz CT molecular complexity index is 1550. The summed E-state index contributed by atoms with van der Waals surface area (Å²) < 4.78 is 5.86. The summed E-state index contributed by atoms with van der Waals surface area (Å²) in [6.45, 7) is 3.60. The Morgan fingerprint density at radius 1 is 0.872 bits per heavy atom. The predicted molar refractivity (Wildman–Crippen MR) is 151 cm³/mol. The fourth-order valence-corrected chi connectivity index (χ4v) is 4.21. The number of benzene rings is 4. The molecule has 3 amide bonds. The van der Waals surface area contributed by atoms with Crippen molar-refractivity contribution in [1.82, 2.24) is 5.32 Å². The summed E-state index contributed by atoms with van der Waals surface area (Å²) in [5.74, 6) is -0.952. The first-order chi connectivity index (χ1) is 18.7. The second-order valence-corrected chi connectivity index (χ2v) is 9.56. The van der Waals surface area contributed by atoms with Gasteiger partial charge >= 0.3 is 6.09 Å². The normalized spacial score (nSPS) is 12.2. The van der Waals surface area contributed by atoms with Crippen LogP contribution in [0, 0.1) is 5.41 Å². The van der Waals surface area contributed by atoms with Gasteiger partial charge in [-0.25, -0.2) is 4.79 Å². The van der Waals surface area contributed by atoms with Crippen molar-refractivity contribution in [1.29, 1.82) is 0 Å². The van der Waals surface area contributed by atoms with E-state index in [0.29, 0.717) is 33.3 Å². The zero-order chi connectivity index (χ0) is 28.0. The van der Waals surface area contributed by atoms with Crippen LogP contribution in [0.5, 0.6) is 5.75 Å². The second-order valence-electron chi connectivity index (χ2n) is 9.56. The lowest BCUT2D eigenvalue weighted by molar-refractivity contribution is -0.112. The third-order valence-electron chi connectivity index (χ3n) is 6.25. The third-order valence-corrected chi connectivity index (χ3v) is 6.25. The van der Waals surface area contributed by atoms with Gasteiger partial charge in [-0.05, 0) is 41.8 Å². The van der Waals surface area contributed by atoms with Crippen LogP contribution in [-0.4, -0.2) is 23.0 Å². The topological polar surface area (TPSA) is 131 Å². The number of aromatic hydroxyl groups is 1. The van der Waals surface area contributed by atoms with Crippen molar-refractivity contribution in [3.05, 3.63) is 114 Å². The summed E-state index contributed by atoms with van der Waals surface area (Å²) in [6.07, 6.45) is 1.07. The third kappa shape index (κ3) is 6.42. The number of nitrogens with two attached hydrogens (primary N) is 1. The van der Waals surface area contributed by atoms with E-state index in [0.717, 1.165) is 0 Å². The van der Waals surface area contributed by atoms with Crippen LogP contribution < -0.4 is 16.4 Å². The summed E-state index contributed by atoms with van der Waals surface area (Å²) in [5.41, 5.74) is 6.78. The van der Waals surface area contributed by atoms with Gasteiger partial charge < -0.3 is 20.9 Å². The number of imide groups is 1. The molecule has 8 heteroatoms. The Labute approximate surface area is 226 Å². The number of carbonyl (C=O) groups is 3. The van der Waals surface area contributed by atoms with Crippen LogP contribution in [0.4, 0.5) is 16.2 Å². The van der Waals surface area contributed by atoms with Crippen LogP contribution >= 0.6 is 0 Å². The van der Waals surface area contributed by atoms with Gasteiger partial charge in [0.05, 0.1) is 11.4 Å². The smallest absolute Gasteiger partial charge is 0.414 e. The van der Waals surface area contributed by atoms with Crippen LogP contribution in [0.25, 0.3) is 10.8 Å². The molecular weight excluding hydrogens is 494 g/mol. The highest BCUT2D eigenvalue weighted by molar-refractivity contribution is 6.03. The van der Waals surface area contributed by atoms with Gasteiger partial charge in [-0.1, -0.05) is 80.6 Å². The summed E-state index contributed by atoms with van der Waals surface area (Å²) in [4.78, 5) is 38.2. The average Bonchev–Trinajstić information content (AvgIpc) is 2.93. The van der Waals surface area contributed by atoms with E-state index in [1.807, 2.05) is 6.07 Å². The minimum Gasteiger partial charge on any atom is -0.507 e. The van der Waals surface area contributed by atoms with Crippen molar-refractivity contribution < 1.29 is 24.2 Å². The summed E-state index contributed by atoms with van der Waals surface area (Å²) in [5, 5.41) is 16.6. The predicted octanol–water partition coefficient (Wildman–Crippen LogP) is 5.96. The molecule has 39 heavy (non-hydrogen) atoms. The van der Waals surface area contributed by atoms with Crippen molar-refractivity contribution >= 4 is 40.1 Å². The Kier molecular flexibility index (Phi) is 7.96. The number of amides is 3. The number of alkyl carbamates (subject to hydrolysis) is 1. The number of carbonyl (C=O) groups excluding carboxylic acids is 3. The zero-order valence-corrected chi connectivity index (χ0v) is 21.5. The molecule has 0 bridgehead atoms. The Morgan fingerprint density at radius 2 is 1.51 bits per heavy atom. The van der Waals surface area contributed by atoms with Gasteiger partial charge in [-0.2, -0.15) is 0 Å². The SMILES string of the molecule is CC(C)(/C=C/C(=O)Nc1ccccc1N)[C@@H](OC(=O)NC(=O)c1ccccc1)c1ccc(O)c2ccccc12. The van der Waals surface area contributed by atoms with Crippen molar-refractivity contribution in [2.45, 2.75) is 20.0 Å². The number of nitrogen functional groups attached to an aromatic ring is 1. The van der Waals surface area contributed by atoms with Gasteiger partial charge in [0, 0.05) is 21.9 Å². The van der Waals surface area contributed by atoms with Crippen molar-refractivity contribution in [2.24, 2.45) is 5.41 Å². The van der Waals surface area contributed by atoms with Crippen molar-refractivity contribution in [2.75, 3.05) is 11.1 Å². The Hall–Kier alpha value is -5.11. The largest absolute Gasteiger partial charge is 0.507 e. The monoisotopic (exact) mass is 523 g/mol. The first kappa shape index (κ1) is 26.9. The molecule has 4 rings (SSSR count). The average molecular weight is 524 g/mol. The molecule has 0 fully saturated rings. The minimum absolute atomic E-state index is 0.0741. The molecule has 4 aromatic carbocycles. The first-order valence-corrected chi connectivity index (χ1v) is 12.3. The fraction of sp³-hybridized carbons (Fsp3) is 0.129. The fourth-order valence-electron chi connectivity index (χ4n) is 4.21. The molecular formula is C31H29N3O5. The molecule has 0 saturated carbocycles. The highest BCUT2D eigenvalue weighted by atomic mass is 16.6. The Balaban J connectivity index is 1.65. The zero-order valence-electron chi connectivity index (χ0n) is 21.5. The summed E-state index contributed by atoms with van der Waals surface area (Å²) >= 11 is 0. The number of hydrogen-bond acceptors (Lipinski definition) is 6. The molecule has 0 aromatic heterocycles. The molecule has 0 spiro atoms. The minimum atomic E-state index is -0.950. The number of fused-ring (bicyclic) bond motifs is 1. The quantitative estimate of drug-likeness (QED) is 0.175. The van der Waals surface area contributed by atoms with Gasteiger partial charge in [0.25, 0.3) is 5.91 Å². The van der Waals surface area contributed by atoms with Gasteiger partial charge in [-0.3, -0.25) is 14.9 Å². The lowest BCUT2D eigenvalue weighted by Crippen LogP contribution is -2.35. The molecule has 4 aromatic rings. The standard InChI is InChI=1S/C31H29N3O5/c1-31(2,19-18-27(36)33-25-15-9-8-14-24(25)32)28(23-16-17-26(35)22-13-7-6-12-21(22)23)39-30(38)34-29(37)20-10-4-3-5-11-20/h3-19,28,35H,32H2,1-2H3,(H,33,36)(H,34,37,38)/b19-18+/t28-/m0/s1. The van der Waals surface area contributed by atoms with Gasteiger partial charge in [0.2, 0.25) is 5.91 Å². The summed E-state index contributed by atoms with van der Waals surface area (Å²) in [7, 11) is 0. The molecule has 0 radical (unpaired) electrons. The number of anilines is 2. The Morgan fingerprint density at radius 3 is 2.23 bits per heavy atom. The van der Waals surface area contributed by atoms with Gasteiger partial charge in [-0.15, -0.1) is 0 Å². The molecule has 0 saturated heterocycles. The number of hydrogen-bond donors (Lipinski definition) is 4. The van der Waals surface area contributed by atoms with Crippen LogP contribution in [0.15, 0.2) is 103 Å². The van der Waals surface area contributed by atoms with E-state index in [2.05, 4.69) is 10.6 Å². The van der Waals surface area contributed by atoms with E-state index in [9.17, 15) is 19.5 Å². The number of phenols is 1.